The Morgan fingerprint density at radius 1 is 1.08 bits per heavy atom. The van der Waals surface area contributed by atoms with Crippen molar-refractivity contribution < 1.29 is 24.2 Å². The van der Waals surface area contributed by atoms with E-state index < -0.39 is 11.9 Å². The van der Waals surface area contributed by atoms with Crippen LogP contribution in [-0.4, -0.2) is 37.4 Å². The third-order valence-electron chi connectivity index (χ3n) is 3.21. The molecule has 7 heteroatoms. The van der Waals surface area contributed by atoms with Crippen LogP contribution in [0.3, 0.4) is 0 Å². The lowest BCUT2D eigenvalue weighted by atomic mass is 10.1. The van der Waals surface area contributed by atoms with Gasteiger partial charge < -0.3 is 14.6 Å². The zero-order valence-corrected chi connectivity index (χ0v) is 13.1. The van der Waals surface area contributed by atoms with Crippen molar-refractivity contribution in [2.24, 2.45) is 5.10 Å². The maximum absolute atomic E-state index is 12.1. The minimum absolute atomic E-state index is 0.0987. The molecule has 0 aliphatic carbocycles. The zero-order chi connectivity index (χ0) is 17.5. The largest absolute Gasteiger partial charge is 0.493 e. The van der Waals surface area contributed by atoms with Crippen LogP contribution >= 0.6 is 0 Å². The lowest BCUT2D eigenvalue weighted by Crippen LogP contribution is -2.18. The van der Waals surface area contributed by atoms with Crippen LogP contribution in [0.4, 0.5) is 0 Å². The maximum atomic E-state index is 12.1. The number of hydrogen-bond donors (Lipinski definition) is 2. The summed E-state index contributed by atoms with van der Waals surface area (Å²) < 4.78 is 10.2. The molecule has 2 aromatic carbocycles. The van der Waals surface area contributed by atoms with Crippen molar-refractivity contribution >= 4 is 18.1 Å². The predicted octanol–water partition coefficient (Wildman–Crippen LogP) is 2.17. The van der Waals surface area contributed by atoms with Crippen molar-refractivity contribution in [3.05, 3.63) is 59.2 Å². The molecule has 0 heterocycles. The third kappa shape index (κ3) is 3.89. The SMILES string of the molecule is COc1ccc(C(=O)N/N=C\c2ccccc2C(=O)O)cc1OC. The summed E-state index contributed by atoms with van der Waals surface area (Å²) in [6, 6.07) is 11.0. The van der Waals surface area contributed by atoms with E-state index in [0.717, 1.165) is 0 Å². The Morgan fingerprint density at radius 2 is 1.79 bits per heavy atom. The lowest BCUT2D eigenvalue weighted by molar-refractivity contribution is 0.0696. The maximum Gasteiger partial charge on any atom is 0.336 e. The van der Waals surface area contributed by atoms with Crippen molar-refractivity contribution in [3.8, 4) is 11.5 Å². The molecule has 0 saturated carbocycles. The van der Waals surface area contributed by atoms with Gasteiger partial charge in [-0.15, -0.1) is 0 Å². The fourth-order valence-electron chi connectivity index (χ4n) is 2.01. The molecular weight excluding hydrogens is 312 g/mol. The Morgan fingerprint density at radius 3 is 2.46 bits per heavy atom. The highest BCUT2D eigenvalue weighted by molar-refractivity contribution is 5.99. The second kappa shape index (κ2) is 7.77. The Kier molecular flexibility index (Phi) is 5.51. The summed E-state index contributed by atoms with van der Waals surface area (Å²) in [5.41, 5.74) is 3.16. The van der Waals surface area contributed by atoms with E-state index >= 15 is 0 Å². The summed E-state index contributed by atoms with van der Waals surface area (Å²) in [4.78, 5) is 23.2. The Labute approximate surface area is 138 Å². The molecule has 124 valence electrons. The highest BCUT2D eigenvalue weighted by Gasteiger charge is 2.10. The number of amides is 1. The average molecular weight is 328 g/mol. The minimum atomic E-state index is -1.07. The van der Waals surface area contributed by atoms with Crippen molar-refractivity contribution in [3.63, 3.8) is 0 Å². The minimum Gasteiger partial charge on any atom is -0.493 e. The molecule has 7 nitrogen and oxygen atoms in total. The van der Waals surface area contributed by atoms with Crippen LogP contribution in [0, 0.1) is 0 Å². The number of carboxylic acids is 1. The second-order valence-corrected chi connectivity index (χ2v) is 4.66. The van der Waals surface area contributed by atoms with Crippen LogP contribution < -0.4 is 14.9 Å². The fourth-order valence-corrected chi connectivity index (χ4v) is 2.01. The first kappa shape index (κ1) is 17.0. The summed E-state index contributed by atoms with van der Waals surface area (Å²) in [7, 11) is 2.97. The molecular formula is C17H16N2O5. The molecule has 0 aliphatic heterocycles. The topological polar surface area (TPSA) is 97.2 Å². The van der Waals surface area contributed by atoms with Gasteiger partial charge in [0.1, 0.15) is 0 Å². The van der Waals surface area contributed by atoms with E-state index in [0.29, 0.717) is 22.6 Å². The van der Waals surface area contributed by atoms with E-state index in [1.807, 2.05) is 0 Å². The highest BCUT2D eigenvalue weighted by atomic mass is 16.5. The number of rotatable bonds is 6. The molecule has 2 rings (SSSR count). The molecule has 0 aliphatic rings. The summed E-state index contributed by atoms with van der Waals surface area (Å²) >= 11 is 0. The van der Waals surface area contributed by atoms with E-state index in [-0.39, 0.29) is 5.56 Å². The van der Waals surface area contributed by atoms with Crippen LogP contribution in [0.2, 0.25) is 0 Å². The summed E-state index contributed by atoms with van der Waals surface area (Å²) in [6.07, 6.45) is 1.28. The quantitative estimate of drug-likeness (QED) is 0.625. The molecule has 0 bridgehead atoms. The van der Waals surface area contributed by atoms with Crippen molar-refractivity contribution in [1.29, 1.82) is 0 Å². The van der Waals surface area contributed by atoms with Crippen molar-refractivity contribution in [2.45, 2.75) is 0 Å². The van der Waals surface area contributed by atoms with Gasteiger partial charge in [-0.05, 0) is 24.3 Å². The normalized spacial score (nSPS) is 10.4. The molecule has 1 amide bonds. The lowest BCUT2D eigenvalue weighted by Gasteiger charge is -2.08. The monoisotopic (exact) mass is 328 g/mol. The Balaban J connectivity index is 2.12. The van der Waals surface area contributed by atoms with E-state index in [4.69, 9.17) is 14.6 Å². The van der Waals surface area contributed by atoms with Crippen molar-refractivity contribution in [1.82, 2.24) is 5.43 Å². The van der Waals surface area contributed by atoms with Crippen LogP contribution in [0.5, 0.6) is 11.5 Å². The number of ether oxygens (including phenoxy) is 2. The van der Waals surface area contributed by atoms with Gasteiger partial charge >= 0.3 is 5.97 Å². The zero-order valence-electron chi connectivity index (χ0n) is 13.1. The van der Waals surface area contributed by atoms with E-state index in [2.05, 4.69) is 10.5 Å². The molecule has 0 spiro atoms. The third-order valence-corrected chi connectivity index (χ3v) is 3.21. The van der Waals surface area contributed by atoms with Crippen LogP contribution in [0.1, 0.15) is 26.3 Å². The van der Waals surface area contributed by atoms with Gasteiger partial charge in [0.2, 0.25) is 0 Å². The number of methoxy groups -OCH3 is 2. The van der Waals surface area contributed by atoms with Crippen LogP contribution in [0.15, 0.2) is 47.6 Å². The van der Waals surface area contributed by atoms with Crippen LogP contribution in [0.25, 0.3) is 0 Å². The standard InChI is InChI=1S/C17H16N2O5/c1-23-14-8-7-11(9-15(14)24-2)16(20)19-18-10-12-5-3-4-6-13(12)17(21)22/h3-10H,1-2H3,(H,19,20)(H,21,22)/b18-10-. The van der Waals surface area contributed by atoms with Gasteiger partial charge in [-0.3, -0.25) is 4.79 Å². The first-order valence-electron chi connectivity index (χ1n) is 6.94. The first-order chi connectivity index (χ1) is 11.6. The van der Waals surface area contributed by atoms with Gasteiger partial charge in [0.05, 0.1) is 26.0 Å². The molecule has 2 aromatic rings. The number of hydrazone groups is 1. The van der Waals surface area contributed by atoms with Gasteiger partial charge in [-0.25, -0.2) is 10.2 Å². The number of aromatic carboxylic acids is 1. The van der Waals surface area contributed by atoms with Gasteiger partial charge in [0.15, 0.2) is 11.5 Å². The Hall–Kier alpha value is -3.35. The molecule has 0 atom stereocenters. The fraction of sp³-hybridized carbons (Fsp3) is 0.118. The summed E-state index contributed by atoms with van der Waals surface area (Å²) in [5.74, 6) is -0.596. The number of hydrogen-bond acceptors (Lipinski definition) is 5. The second-order valence-electron chi connectivity index (χ2n) is 4.66. The van der Waals surface area contributed by atoms with Crippen molar-refractivity contribution in [2.75, 3.05) is 14.2 Å². The number of benzene rings is 2. The summed E-state index contributed by atoms with van der Waals surface area (Å²) in [6.45, 7) is 0. The predicted molar refractivity (Wildman–Crippen MR) is 88.0 cm³/mol. The van der Waals surface area contributed by atoms with E-state index in [9.17, 15) is 9.59 Å². The average Bonchev–Trinajstić information content (AvgIpc) is 2.61. The van der Waals surface area contributed by atoms with Gasteiger partial charge in [0, 0.05) is 11.1 Å². The molecule has 0 saturated heterocycles. The number of carboxylic acid groups (broad SMARTS) is 1. The van der Waals surface area contributed by atoms with Gasteiger partial charge in [-0.2, -0.15) is 5.10 Å². The molecule has 24 heavy (non-hydrogen) atoms. The Bertz CT molecular complexity index is 786. The molecule has 0 fully saturated rings. The van der Waals surface area contributed by atoms with Gasteiger partial charge in [0.25, 0.3) is 5.91 Å². The molecule has 0 aromatic heterocycles. The first-order valence-corrected chi connectivity index (χ1v) is 6.94. The van der Waals surface area contributed by atoms with E-state index in [1.165, 1.54) is 32.6 Å². The number of carbonyl (C=O) groups excluding carboxylic acids is 1. The van der Waals surface area contributed by atoms with Crippen LogP contribution in [-0.2, 0) is 0 Å². The highest BCUT2D eigenvalue weighted by Crippen LogP contribution is 2.27. The smallest absolute Gasteiger partial charge is 0.336 e. The number of nitrogens with zero attached hydrogens (tertiary/aromatic N) is 1. The number of nitrogens with one attached hydrogen (secondary N) is 1. The number of carbonyl (C=O) groups is 2. The van der Waals surface area contributed by atoms with E-state index in [1.54, 1.807) is 30.3 Å². The van der Waals surface area contributed by atoms with Gasteiger partial charge in [-0.1, -0.05) is 18.2 Å². The molecule has 0 unspecified atom stereocenters. The summed E-state index contributed by atoms with van der Waals surface area (Å²) in [5, 5.41) is 12.9. The molecule has 2 N–H and O–H groups in total. The molecule has 0 radical (unpaired) electrons.